The van der Waals surface area contributed by atoms with Crippen molar-refractivity contribution in [2.24, 2.45) is 0 Å². The monoisotopic (exact) mass is 239 g/mol. The molecule has 3 nitrogen and oxygen atoms in total. The Labute approximate surface area is 91.6 Å². The molecule has 0 unspecified atom stereocenters. The Morgan fingerprint density at radius 1 is 1.08 bits per heavy atom. The van der Waals surface area contributed by atoms with E-state index in [9.17, 15) is 0 Å². The highest BCUT2D eigenvalue weighted by atomic mass is 35.5. The Morgan fingerprint density at radius 2 is 1.54 bits per heavy atom. The summed E-state index contributed by atoms with van der Waals surface area (Å²) in [5, 5.41) is 0.586. The van der Waals surface area contributed by atoms with Gasteiger partial charge in [-0.1, -0.05) is 34.8 Å². The van der Waals surface area contributed by atoms with Crippen LogP contribution >= 0.6 is 34.8 Å². The fourth-order valence-electron chi connectivity index (χ4n) is 0.788. The second kappa shape index (κ2) is 4.42. The number of nitrogens with zero attached hydrogens (tertiary/aromatic N) is 3. The van der Waals surface area contributed by atoms with Crippen LogP contribution in [0.4, 0.5) is 0 Å². The number of rotatable bonds is 2. The van der Waals surface area contributed by atoms with E-state index in [0.29, 0.717) is 12.4 Å². The van der Waals surface area contributed by atoms with Gasteiger partial charge in [-0.3, -0.25) is 0 Å². The van der Waals surface area contributed by atoms with Crippen LogP contribution in [0, 0.1) is 0 Å². The average molecular weight is 241 g/mol. The lowest BCUT2D eigenvalue weighted by molar-refractivity contribution is 0.390. The summed E-state index contributed by atoms with van der Waals surface area (Å²) >= 11 is 17.1. The summed E-state index contributed by atoms with van der Waals surface area (Å²) in [5.41, 5.74) is 0. The van der Waals surface area contributed by atoms with Crippen LogP contribution in [0.2, 0.25) is 15.3 Å². The van der Waals surface area contributed by atoms with Crippen molar-refractivity contribution in [3.05, 3.63) is 21.2 Å². The molecule has 0 radical (unpaired) electrons. The highest BCUT2D eigenvalue weighted by Crippen LogP contribution is 2.26. The van der Waals surface area contributed by atoms with E-state index in [1.165, 1.54) is 0 Å². The van der Waals surface area contributed by atoms with Crippen molar-refractivity contribution < 1.29 is 0 Å². The zero-order valence-corrected chi connectivity index (χ0v) is 9.45. The van der Waals surface area contributed by atoms with Crippen LogP contribution in [0.5, 0.6) is 0 Å². The minimum absolute atomic E-state index is 0.193. The molecule has 0 aliphatic rings. The van der Waals surface area contributed by atoms with E-state index in [0.717, 1.165) is 0 Å². The van der Waals surface area contributed by atoms with Gasteiger partial charge in [-0.05, 0) is 14.1 Å². The molecule has 0 fully saturated rings. The van der Waals surface area contributed by atoms with Crippen LogP contribution in [0.1, 0.15) is 5.82 Å². The molecule has 0 amide bonds. The molecule has 0 spiro atoms. The van der Waals surface area contributed by atoms with Crippen molar-refractivity contribution >= 4 is 34.8 Å². The molecule has 1 heterocycles. The summed E-state index contributed by atoms with van der Waals surface area (Å²) < 4.78 is 0. The van der Waals surface area contributed by atoms with Gasteiger partial charge >= 0.3 is 0 Å². The van der Waals surface area contributed by atoms with Gasteiger partial charge in [-0.15, -0.1) is 0 Å². The third kappa shape index (κ3) is 2.95. The molecule has 1 rings (SSSR count). The van der Waals surface area contributed by atoms with Crippen LogP contribution in [0.3, 0.4) is 0 Å². The average Bonchev–Trinajstić information content (AvgIpc) is 1.98. The Hall–Kier alpha value is -0.0900. The molecule has 0 saturated heterocycles. The van der Waals surface area contributed by atoms with E-state index in [1.54, 1.807) is 0 Å². The van der Waals surface area contributed by atoms with Crippen molar-refractivity contribution in [2.75, 3.05) is 14.1 Å². The molecule has 6 heteroatoms. The number of hydrogen-bond acceptors (Lipinski definition) is 3. The van der Waals surface area contributed by atoms with Gasteiger partial charge in [0.25, 0.3) is 0 Å². The molecular weight excluding hydrogens is 232 g/mol. The topological polar surface area (TPSA) is 29.0 Å². The molecule has 13 heavy (non-hydrogen) atoms. The molecule has 1 aromatic rings. The van der Waals surface area contributed by atoms with Crippen LogP contribution in [-0.2, 0) is 6.54 Å². The fraction of sp³-hybridized carbons (Fsp3) is 0.429. The lowest BCUT2D eigenvalue weighted by atomic mass is 10.5. The van der Waals surface area contributed by atoms with E-state index in [2.05, 4.69) is 9.97 Å². The zero-order chi connectivity index (χ0) is 10.0. The first-order valence-electron chi connectivity index (χ1n) is 3.53. The normalized spacial score (nSPS) is 10.9. The predicted octanol–water partition coefficient (Wildman–Crippen LogP) is 2.50. The fourth-order valence-corrected chi connectivity index (χ4v) is 1.30. The third-order valence-corrected chi connectivity index (χ3v) is 2.37. The van der Waals surface area contributed by atoms with Crippen LogP contribution in [0.25, 0.3) is 0 Å². The second-order valence-electron chi connectivity index (χ2n) is 2.77. The second-order valence-corrected chi connectivity index (χ2v) is 3.87. The van der Waals surface area contributed by atoms with Crippen molar-refractivity contribution in [3.63, 3.8) is 0 Å². The first-order valence-corrected chi connectivity index (χ1v) is 4.66. The summed E-state index contributed by atoms with van der Waals surface area (Å²) in [4.78, 5) is 9.85. The predicted molar refractivity (Wildman–Crippen MR) is 54.5 cm³/mol. The summed E-state index contributed by atoms with van der Waals surface area (Å²) in [7, 11) is 3.81. The van der Waals surface area contributed by atoms with Crippen molar-refractivity contribution in [1.29, 1.82) is 0 Å². The summed E-state index contributed by atoms with van der Waals surface area (Å²) in [6.07, 6.45) is 0. The highest BCUT2D eigenvalue weighted by Gasteiger charge is 2.09. The Morgan fingerprint density at radius 3 is 1.92 bits per heavy atom. The molecule has 0 bridgehead atoms. The lowest BCUT2D eigenvalue weighted by Crippen LogP contribution is -2.13. The molecule has 0 aliphatic heterocycles. The largest absolute Gasteiger partial charge is 0.302 e. The maximum absolute atomic E-state index is 5.72. The summed E-state index contributed by atoms with van der Waals surface area (Å²) in [6.45, 7) is 0.580. The first-order chi connectivity index (χ1) is 6.00. The minimum Gasteiger partial charge on any atom is -0.302 e. The van der Waals surface area contributed by atoms with Crippen molar-refractivity contribution in [1.82, 2.24) is 14.9 Å². The summed E-state index contributed by atoms with van der Waals surface area (Å²) in [5.74, 6) is 0.560. The minimum atomic E-state index is 0.193. The standard InChI is InChI=1S/C7H8Cl3N3/c1-13(2)3-4-11-6(9)5(8)7(10)12-4/h3H2,1-2H3. The molecule has 0 atom stereocenters. The number of halogens is 3. The molecule has 0 saturated carbocycles. The Kier molecular flexibility index (Phi) is 3.74. The third-order valence-electron chi connectivity index (χ3n) is 1.27. The van der Waals surface area contributed by atoms with E-state index >= 15 is 0 Å². The number of hydrogen-bond donors (Lipinski definition) is 0. The van der Waals surface area contributed by atoms with E-state index in [1.807, 2.05) is 19.0 Å². The molecule has 0 aliphatic carbocycles. The van der Waals surface area contributed by atoms with Crippen LogP contribution in [0.15, 0.2) is 0 Å². The molecule has 0 aromatic carbocycles. The quantitative estimate of drug-likeness (QED) is 0.744. The number of aromatic nitrogens is 2. The van der Waals surface area contributed by atoms with E-state index in [-0.39, 0.29) is 15.3 Å². The van der Waals surface area contributed by atoms with Crippen molar-refractivity contribution in [3.8, 4) is 0 Å². The van der Waals surface area contributed by atoms with Gasteiger partial charge in [0.2, 0.25) is 0 Å². The summed E-state index contributed by atoms with van der Waals surface area (Å²) in [6, 6.07) is 0. The molecule has 0 N–H and O–H groups in total. The molecule has 1 aromatic heterocycles. The van der Waals surface area contributed by atoms with E-state index < -0.39 is 0 Å². The molecule has 72 valence electrons. The van der Waals surface area contributed by atoms with Gasteiger partial charge in [-0.25, -0.2) is 9.97 Å². The maximum atomic E-state index is 5.72. The van der Waals surface area contributed by atoms with Gasteiger partial charge in [0, 0.05) is 0 Å². The smallest absolute Gasteiger partial charge is 0.153 e. The van der Waals surface area contributed by atoms with Gasteiger partial charge < -0.3 is 4.90 Å². The first kappa shape index (κ1) is 11.0. The van der Waals surface area contributed by atoms with E-state index in [4.69, 9.17) is 34.8 Å². The van der Waals surface area contributed by atoms with Crippen LogP contribution in [-0.4, -0.2) is 29.0 Å². The van der Waals surface area contributed by atoms with Gasteiger partial charge in [0.1, 0.15) is 10.8 Å². The lowest BCUT2D eigenvalue weighted by Gasteiger charge is -2.08. The highest BCUT2D eigenvalue weighted by molar-refractivity contribution is 6.46. The van der Waals surface area contributed by atoms with Gasteiger partial charge in [-0.2, -0.15) is 0 Å². The maximum Gasteiger partial charge on any atom is 0.153 e. The van der Waals surface area contributed by atoms with Crippen molar-refractivity contribution in [2.45, 2.75) is 6.54 Å². The van der Waals surface area contributed by atoms with Gasteiger partial charge in [0.15, 0.2) is 10.3 Å². The Bertz CT molecular complexity index is 291. The van der Waals surface area contributed by atoms with Crippen LogP contribution < -0.4 is 0 Å². The van der Waals surface area contributed by atoms with Gasteiger partial charge in [0.05, 0.1) is 6.54 Å². The zero-order valence-electron chi connectivity index (χ0n) is 7.18. The SMILES string of the molecule is CN(C)Cc1nc(Cl)c(Cl)c(Cl)n1. The Balaban J connectivity index is 2.99. The molecular formula is C7H8Cl3N3.